The molecular weight excluding hydrogens is 1620 g/mol. The van der Waals surface area contributed by atoms with Gasteiger partial charge in [0.25, 0.3) is 0 Å². The third-order valence-electron chi connectivity index (χ3n) is 24.4. The predicted molar refractivity (Wildman–Crippen MR) is 474 cm³/mol. The molecule has 5 saturated heterocycles. The Bertz CT molecular complexity index is 5100. The summed E-state index contributed by atoms with van der Waals surface area (Å²) < 4.78 is 99.9. The number of aryl methyl sites for hydroxylation is 3. The topological polar surface area (TPSA) is 283 Å². The molecule has 0 bridgehead atoms. The van der Waals surface area contributed by atoms with Gasteiger partial charge in [-0.3, -0.25) is 4.79 Å². The highest BCUT2D eigenvalue weighted by molar-refractivity contribution is 5.88. The molecule has 10 aliphatic rings. The van der Waals surface area contributed by atoms with Crippen molar-refractivity contribution in [2.24, 2.45) is 0 Å². The lowest BCUT2D eigenvalue weighted by atomic mass is 9.82. The van der Waals surface area contributed by atoms with Gasteiger partial charge in [-0.05, 0) is 178 Å². The van der Waals surface area contributed by atoms with E-state index in [0.29, 0.717) is 64.1 Å². The summed E-state index contributed by atoms with van der Waals surface area (Å²) in [5.74, 6) is 0.810. The number of halogens is 4. The first-order valence-electron chi connectivity index (χ1n) is 42.9. The van der Waals surface area contributed by atoms with Gasteiger partial charge < -0.3 is 105 Å². The van der Waals surface area contributed by atoms with Crippen LogP contribution in [0.4, 0.5) is 47.3 Å². The molecule has 10 heterocycles. The summed E-state index contributed by atoms with van der Waals surface area (Å²) in [6.07, 6.45) is -4.14. The normalized spacial score (nSPS) is 25.7. The monoisotopic (exact) mass is 1730 g/mol. The van der Waals surface area contributed by atoms with Crippen molar-refractivity contribution in [1.29, 1.82) is 0 Å². The van der Waals surface area contributed by atoms with Gasteiger partial charge in [0.05, 0.1) is 102 Å². The number of ether oxygens (including phenoxy) is 10. The van der Waals surface area contributed by atoms with E-state index in [2.05, 4.69) is 146 Å². The highest BCUT2D eigenvalue weighted by atomic mass is 35.5. The van der Waals surface area contributed by atoms with Crippen LogP contribution in [0.3, 0.4) is 0 Å². The summed E-state index contributed by atoms with van der Waals surface area (Å²) in [6.45, 7) is 19.3. The average Bonchev–Trinajstić information content (AvgIpc) is 0.730. The number of phenols is 4. The van der Waals surface area contributed by atoms with Gasteiger partial charge in [0.2, 0.25) is 5.91 Å². The number of hydrogen-bond acceptors (Lipinski definition) is 21. The van der Waals surface area contributed by atoms with Gasteiger partial charge in [-0.2, -0.15) is 13.2 Å². The molecule has 4 unspecified atom stereocenters. The van der Waals surface area contributed by atoms with Crippen molar-refractivity contribution < 1.29 is 90.9 Å². The Hall–Kier alpha value is -10.5. The number of fused-ring (bicyclic) bond motifs is 15. The van der Waals surface area contributed by atoms with E-state index in [1.165, 1.54) is 63.6 Å². The first-order valence-corrected chi connectivity index (χ1v) is 42.9. The second kappa shape index (κ2) is 39.2. The number of benzene rings is 10. The van der Waals surface area contributed by atoms with Crippen molar-refractivity contribution in [1.82, 2.24) is 0 Å². The lowest BCUT2D eigenvalue weighted by Crippen LogP contribution is -2.47. The third-order valence-corrected chi connectivity index (χ3v) is 24.4. The maximum absolute atomic E-state index is 13.2. The number of aromatic hydroxyl groups is 4. The number of alkyl halides is 3. The highest BCUT2D eigenvalue weighted by Gasteiger charge is 2.48. The Balaban J connectivity index is 0.000000121. The van der Waals surface area contributed by atoms with E-state index in [4.69, 9.17) is 47.4 Å². The van der Waals surface area contributed by atoms with Crippen molar-refractivity contribution in [2.75, 3.05) is 98.0 Å². The van der Waals surface area contributed by atoms with Crippen LogP contribution in [0, 0.1) is 0 Å². The number of amides is 1. The molecule has 16 atom stereocenters. The number of aliphatic hydroxyl groups is 1. The number of nitrogens with one attached hydrogen (secondary N) is 6. The zero-order valence-electron chi connectivity index (χ0n) is 70.9. The second-order valence-corrected chi connectivity index (χ2v) is 33.6. The molecule has 0 aromatic heterocycles. The number of aliphatic hydroxyl groups excluding tert-OH is 1. The van der Waals surface area contributed by atoms with Crippen molar-refractivity contribution in [2.45, 2.75) is 177 Å². The number of phenolic OH excluding ortho intramolecular Hbond substituents is 4. The van der Waals surface area contributed by atoms with Crippen LogP contribution in [0.15, 0.2) is 212 Å². The summed E-state index contributed by atoms with van der Waals surface area (Å²) in [5.41, 5.74) is 20.0. The number of carbonyl (C=O) groups excluding carboxylic acids is 1. The number of carbonyl (C=O) groups is 1. The van der Waals surface area contributed by atoms with E-state index in [0.717, 1.165) is 87.6 Å². The fourth-order valence-corrected chi connectivity index (χ4v) is 18.1. The van der Waals surface area contributed by atoms with Crippen molar-refractivity contribution in [3.8, 4) is 23.0 Å². The number of anilines is 6. The van der Waals surface area contributed by atoms with Crippen LogP contribution in [-0.4, -0.2) is 134 Å². The summed E-state index contributed by atoms with van der Waals surface area (Å²) in [6, 6.07) is 65.5. The zero-order chi connectivity index (χ0) is 86.5. The zero-order valence-corrected chi connectivity index (χ0v) is 71.7. The standard InChI is InChI=1S/C23H28N2O3.C19H18F3NO4.3C19H21NO3.ClH/c1-14(26)24-17-8-5-15(6-9-17)20-22-21(27-11-12-28-22)18-13-16(23(2,3)4)7-10-19(18)25-20;20-19(21,22)11-4-5-15-14(7-11)17-18(26-9-13(8-24)27-17)16(23-15)10-2-1-3-12(25)6-10;3*1-2-12-6-7-16-15(10-12)18-19(23-9-8-22-18)17(20-16)13-4-3-5-14(21)11-13;/h5-10,13,20-22,25H,11-12H2,1-4H3,(H,24,26);1-7,13,16-18,23-25H,8-9H2;3*3-7,10-11,17-21H,2,8-9H2,1H3;1H/t20-,21+,22-;;3*17-,18+,19-;/m0.100./s1. The number of hydrogen-bond donors (Lipinski definition) is 11. The van der Waals surface area contributed by atoms with Crippen LogP contribution in [0.1, 0.15) is 193 Å². The Labute approximate surface area is 732 Å². The van der Waals surface area contributed by atoms with Crippen molar-refractivity contribution >= 4 is 52.4 Å². The van der Waals surface area contributed by atoms with Gasteiger partial charge in [0.1, 0.15) is 90.1 Å². The largest absolute Gasteiger partial charge is 0.508 e. The molecular formula is C99H110ClF3N6O16. The third kappa shape index (κ3) is 20.0. The molecule has 0 radical (unpaired) electrons. The Kier molecular flexibility index (Phi) is 28.0. The quantitative estimate of drug-likeness (QED) is 0.0607. The molecule has 1 amide bonds. The van der Waals surface area contributed by atoms with Gasteiger partial charge in [-0.1, -0.05) is 151 Å². The molecule has 0 aliphatic carbocycles. The van der Waals surface area contributed by atoms with E-state index < -0.39 is 36.1 Å². The van der Waals surface area contributed by atoms with Crippen LogP contribution < -0.4 is 31.9 Å². The van der Waals surface area contributed by atoms with Gasteiger partial charge in [0.15, 0.2) is 0 Å². The van der Waals surface area contributed by atoms with Gasteiger partial charge >= 0.3 is 6.18 Å². The second-order valence-electron chi connectivity index (χ2n) is 33.6. The molecule has 10 aliphatic heterocycles. The summed E-state index contributed by atoms with van der Waals surface area (Å²) in [4.78, 5) is 11.3. The molecule has 660 valence electrons. The fourth-order valence-electron chi connectivity index (χ4n) is 18.1. The lowest BCUT2D eigenvalue weighted by molar-refractivity contribution is -0.199. The molecule has 0 saturated carbocycles. The predicted octanol–water partition coefficient (Wildman–Crippen LogP) is 19.1. The fraction of sp³-hybridized carbons (Fsp3) is 0.384. The van der Waals surface area contributed by atoms with Crippen molar-refractivity contribution in [3.05, 3.63) is 296 Å². The molecule has 22 nitrogen and oxygen atoms in total. The molecule has 5 fully saturated rings. The Morgan fingerprint density at radius 3 is 1.00 bits per heavy atom. The molecule has 11 N–H and O–H groups in total. The van der Waals surface area contributed by atoms with Gasteiger partial charge in [-0.25, -0.2) is 0 Å². The Morgan fingerprint density at radius 2 is 0.680 bits per heavy atom. The molecule has 10 aromatic carbocycles. The molecule has 10 aromatic rings. The van der Waals surface area contributed by atoms with Crippen LogP contribution in [-0.2, 0) is 83.0 Å². The molecule has 0 spiro atoms. The molecule has 125 heavy (non-hydrogen) atoms. The average molecular weight is 1730 g/mol. The summed E-state index contributed by atoms with van der Waals surface area (Å²) >= 11 is 0. The van der Waals surface area contributed by atoms with E-state index in [1.807, 2.05) is 60.7 Å². The minimum Gasteiger partial charge on any atom is -0.508 e. The molecule has 26 heteroatoms. The lowest BCUT2D eigenvalue weighted by Gasteiger charge is -2.45. The molecule has 20 rings (SSSR count). The smallest absolute Gasteiger partial charge is 0.416 e. The van der Waals surface area contributed by atoms with Crippen LogP contribution in [0.5, 0.6) is 23.0 Å². The SMILES string of the molecule is CC(=O)Nc1ccc([C@@H]2Nc3ccc(C(C)(C)C)cc3[C@H]3OCCO[C@H]32)cc1.CCc1ccc2c(c1)[C@@H]1OCCO[C@@H]1[C@@H](c1cccc(O)c1)N2.CCc1ccc2c(c1)[C@H]1OCCO[C@H]1[C@H](c1cccc(O)c1)N2.CCc1ccc2c(c1)[C@H]1OCCO[C@H]1[C@H](c1cccc(O)c1)N2.Cl.OCC1COC2C(c3cccc(O)c3)Nc3ccc(C(F)(F)F)cc3C2O1. The van der Waals surface area contributed by atoms with Gasteiger partial charge in [0, 0.05) is 68.9 Å². The van der Waals surface area contributed by atoms with Crippen LogP contribution in [0.25, 0.3) is 0 Å². The first kappa shape index (κ1) is 89.3. The van der Waals surface area contributed by atoms with E-state index >= 15 is 0 Å². The van der Waals surface area contributed by atoms with E-state index in [9.17, 15) is 43.5 Å². The van der Waals surface area contributed by atoms with E-state index in [1.54, 1.807) is 54.6 Å². The highest BCUT2D eigenvalue weighted by Crippen LogP contribution is 2.52. The minimum atomic E-state index is -4.47. The first-order chi connectivity index (χ1) is 60.0. The maximum Gasteiger partial charge on any atom is 0.416 e. The van der Waals surface area contributed by atoms with Gasteiger partial charge in [-0.15, -0.1) is 12.4 Å². The van der Waals surface area contributed by atoms with Crippen molar-refractivity contribution in [3.63, 3.8) is 0 Å². The van der Waals surface area contributed by atoms with E-state index in [-0.39, 0.29) is 133 Å². The Morgan fingerprint density at radius 1 is 0.376 bits per heavy atom. The van der Waals surface area contributed by atoms with Crippen LogP contribution >= 0.6 is 12.4 Å². The minimum absolute atomic E-state index is 0. The summed E-state index contributed by atoms with van der Waals surface area (Å²) in [7, 11) is 0. The number of rotatable bonds is 10. The van der Waals surface area contributed by atoms with Crippen LogP contribution in [0.2, 0.25) is 0 Å². The summed E-state index contributed by atoms with van der Waals surface area (Å²) in [5, 5.41) is 69.0. The maximum atomic E-state index is 13.2.